The molecule has 0 aromatic carbocycles. The van der Waals surface area contributed by atoms with Crippen LogP contribution in [-0.4, -0.2) is 22.3 Å². The summed E-state index contributed by atoms with van der Waals surface area (Å²) in [5.41, 5.74) is 0. The van der Waals surface area contributed by atoms with Gasteiger partial charge in [-0.05, 0) is 38.5 Å². The minimum atomic E-state index is -0.816. The Labute approximate surface area is 141 Å². The molecule has 0 bridgehead atoms. The summed E-state index contributed by atoms with van der Waals surface area (Å²) in [5.74, 6) is -0.816. The zero-order valence-corrected chi connectivity index (χ0v) is 14.4. The van der Waals surface area contributed by atoms with Gasteiger partial charge in [0.1, 0.15) is 0 Å². The van der Waals surface area contributed by atoms with E-state index in [2.05, 4.69) is 31.2 Å². The molecule has 3 nitrogen and oxygen atoms in total. The fourth-order valence-electron chi connectivity index (χ4n) is 1.98. The van der Waals surface area contributed by atoms with Crippen molar-refractivity contribution in [1.29, 1.82) is 0 Å². The van der Waals surface area contributed by atoms with Gasteiger partial charge in [-0.25, -0.2) is 0 Å². The number of aliphatic carboxylic acids is 1. The van der Waals surface area contributed by atoms with Crippen molar-refractivity contribution in [1.82, 2.24) is 0 Å². The number of carboxylic acid groups (broad SMARTS) is 1. The number of hydrogen-bond donors (Lipinski definition) is 2. The van der Waals surface area contributed by atoms with Crippen molar-refractivity contribution in [3.8, 4) is 0 Å². The van der Waals surface area contributed by atoms with Gasteiger partial charge < -0.3 is 10.2 Å². The molecule has 0 heterocycles. The van der Waals surface area contributed by atoms with E-state index >= 15 is 0 Å². The third-order valence-electron chi connectivity index (χ3n) is 3.32. The molecule has 130 valence electrons. The maximum atomic E-state index is 10.3. The number of rotatable bonds is 14. The van der Waals surface area contributed by atoms with Crippen LogP contribution in [0.15, 0.2) is 48.6 Å². The molecular formula is C20H32O3. The standard InChI is InChI=1S/C20H32O3/c1-2-3-4-5-6-7-8-9-10-11-12-13-14-16-19(21)17-15-18-20(22)23/h6-7,9-10,12-14,16,19,21H,2-5,8,11,15,17-18H2,1H3,(H,22,23)/t19-/m0/s1. The van der Waals surface area contributed by atoms with E-state index in [9.17, 15) is 9.90 Å². The molecule has 1 atom stereocenters. The van der Waals surface area contributed by atoms with Gasteiger partial charge in [0.2, 0.25) is 0 Å². The van der Waals surface area contributed by atoms with E-state index in [1.807, 2.05) is 18.2 Å². The summed E-state index contributed by atoms with van der Waals surface area (Å²) >= 11 is 0. The van der Waals surface area contributed by atoms with E-state index in [0.29, 0.717) is 12.8 Å². The fourth-order valence-corrected chi connectivity index (χ4v) is 1.98. The monoisotopic (exact) mass is 320 g/mol. The largest absolute Gasteiger partial charge is 0.481 e. The summed E-state index contributed by atoms with van der Waals surface area (Å²) in [6.45, 7) is 2.22. The Balaban J connectivity index is 3.59. The van der Waals surface area contributed by atoms with Gasteiger partial charge in [-0.1, -0.05) is 68.4 Å². The SMILES string of the molecule is CCCCCC=CCC=CCC=CC=C[C@H](O)CCCC(=O)O. The highest BCUT2D eigenvalue weighted by atomic mass is 16.4. The summed E-state index contributed by atoms with van der Waals surface area (Å²) in [4.78, 5) is 10.3. The molecule has 0 aromatic rings. The van der Waals surface area contributed by atoms with Gasteiger partial charge in [0.15, 0.2) is 0 Å². The van der Waals surface area contributed by atoms with Gasteiger partial charge in [-0.2, -0.15) is 0 Å². The zero-order chi connectivity index (χ0) is 17.2. The number of carbonyl (C=O) groups is 1. The van der Waals surface area contributed by atoms with Crippen molar-refractivity contribution in [3.05, 3.63) is 48.6 Å². The summed E-state index contributed by atoms with van der Waals surface area (Å²) in [6.07, 6.45) is 23.6. The van der Waals surface area contributed by atoms with Gasteiger partial charge in [-0.15, -0.1) is 0 Å². The quantitative estimate of drug-likeness (QED) is 0.263. The smallest absolute Gasteiger partial charge is 0.303 e. The number of hydrogen-bond acceptors (Lipinski definition) is 2. The van der Waals surface area contributed by atoms with Crippen LogP contribution >= 0.6 is 0 Å². The Morgan fingerprint density at radius 1 is 0.957 bits per heavy atom. The Morgan fingerprint density at radius 3 is 2.35 bits per heavy atom. The average Bonchev–Trinajstić information content (AvgIpc) is 2.51. The van der Waals surface area contributed by atoms with Gasteiger partial charge in [0.25, 0.3) is 0 Å². The van der Waals surface area contributed by atoms with Gasteiger partial charge >= 0.3 is 5.97 Å². The van der Waals surface area contributed by atoms with Crippen LogP contribution in [-0.2, 0) is 4.79 Å². The van der Waals surface area contributed by atoms with Crippen molar-refractivity contribution < 1.29 is 15.0 Å². The van der Waals surface area contributed by atoms with Crippen LogP contribution in [0.2, 0.25) is 0 Å². The van der Waals surface area contributed by atoms with Crippen LogP contribution in [0.25, 0.3) is 0 Å². The second-order valence-corrected chi connectivity index (χ2v) is 5.58. The number of carboxylic acids is 1. The summed E-state index contributed by atoms with van der Waals surface area (Å²) in [5, 5.41) is 18.1. The van der Waals surface area contributed by atoms with Crippen molar-refractivity contribution in [2.45, 2.75) is 70.8 Å². The first-order valence-electron chi connectivity index (χ1n) is 8.70. The first-order valence-corrected chi connectivity index (χ1v) is 8.70. The molecule has 0 saturated carbocycles. The highest BCUT2D eigenvalue weighted by Gasteiger charge is 2.01. The van der Waals surface area contributed by atoms with Crippen molar-refractivity contribution in [2.24, 2.45) is 0 Å². The van der Waals surface area contributed by atoms with Gasteiger partial charge in [0, 0.05) is 6.42 Å². The second kappa shape index (κ2) is 16.8. The minimum Gasteiger partial charge on any atom is -0.481 e. The molecule has 0 saturated heterocycles. The molecule has 0 unspecified atom stereocenters. The molecule has 0 aliphatic heterocycles. The predicted molar refractivity (Wildman–Crippen MR) is 97.4 cm³/mol. The molecule has 0 fully saturated rings. The van der Waals surface area contributed by atoms with Crippen molar-refractivity contribution in [3.63, 3.8) is 0 Å². The molecule has 0 aromatic heterocycles. The normalized spacial score (nSPS) is 13.8. The topological polar surface area (TPSA) is 57.5 Å². The van der Waals surface area contributed by atoms with Crippen molar-refractivity contribution in [2.75, 3.05) is 0 Å². The first kappa shape index (κ1) is 21.4. The number of aliphatic hydroxyl groups excluding tert-OH is 1. The van der Waals surface area contributed by atoms with E-state index < -0.39 is 12.1 Å². The Bertz CT molecular complexity index is 392. The maximum absolute atomic E-state index is 10.3. The highest BCUT2D eigenvalue weighted by Crippen LogP contribution is 2.03. The van der Waals surface area contributed by atoms with E-state index in [0.717, 1.165) is 12.8 Å². The number of aliphatic hydroxyl groups is 1. The molecule has 0 aliphatic carbocycles. The highest BCUT2D eigenvalue weighted by molar-refractivity contribution is 5.66. The second-order valence-electron chi connectivity index (χ2n) is 5.58. The average molecular weight is 320 g/mol. The molecule has 3 heteroatoms. The van der Waals surface area contributed by atoms with Gasteiger partial charge in [0.05, 0.1) is 6.10 Å². The molecule has 0 aliphatic rings. The molecule has 0 rings (SSSR count). The van der Waals surface area contributed by atoms with E-state index in [4.69, 9.17) is 5.11 Å². The van der Waals surface area contributed by atoms with E-state index in [-0.39, 0.29) is 6.42 Å². The lowest BCUT2D eigenvalue weighted by atomic mass is 10.1. The Morgan fingerprint density at radius 2 is 1.65 bits per heavy atom. The molecular weight excluding hydrogens is 288 g/mol. The zero-order valence-electron chi connectivity index (χ0n) is 14.4. The fraction of sp³-hybridized carbons (Fsp3) is 0.550. The van der Waals surface area contributed by atoms with Gasteiger partial charge in [-0.3, -0.25) is 4.79 Å². The lowest BCUT2D eigenvalue weighted by molar-refractivity contribution is -0.137. The summed E-state index contributed by atoms with van der Waals surface area (Å²) < 4.78 is 0. The number of unbranched alkanes of at least 4 members (excludes halogenated alkanes) is 3. The van der Waals surface area contributed by atoms with Crippen LogP contribution in [0, 0.1) is 0 Å². The minimum absolute atomic E-state index is 0.110. The summed E-state index contributed by atoms with van der Waals surface area (Å²) in [6, 6.07) is 0. The number of allylic oxidation sites excluding steroid dienone is 7. The van der Waals surface area contributed by atoms with Crippen LogP contribution in [0.5, 0.6) is 0 Å². The Hall–Kier alpha value is -1.61. The van der Waals surface area contributed by atoms with Crippen LogP contribution in [0.1, 0.15) is 64.7 Å². The van der Waals surface area contributed by atoms with E-state index in [1.165, 1.54) is 25.7 Å². The Kier molecular flexibility index (Phi) is 15.6. The third-order valence-corrected chi connectivity index (χ3v) is 3.32. The molecule has 23 heavy (non-hydrogen) atoms. The van der Waals surface area contributed by atoms with E-state index in [1.54, 1.807) is 6.08 Å². The van der Waals surface area contributed by atoms with Crippen LogP contribution in [0.4, 0.5) is 0 Å². The third kappa shape index (κ3) is 18.3. The lowest BCUT2D eigenvalue weighted by Gasteiger charge is -2.02. The van der Waals surface area contributed by atoms with Crippen LogP contribution in [0.3, 0.4) is 0 Å². The molecule has 0 amide bonds. The van der Waals surface area contributed by atoms with Crippen molar-refractivity contribution >= 4 is 5.97 Å². The molecule has 0 radical (unpaired) electrons. The molecule has 0 spiro atoms. The first-order chi connectivity index (χ1) is 11.2. The maximum Gasteiger partial charge on any atom is 0.303 e. The molecule has 2 N–H and O–H groups in total. The lowest BCUT2D eigenvalue weighted by Crippen LogP contribution is -2.03. The van der Waals surface area contributed by atoms with Crippen LogP contribution < -0.4 is 0 Å². The summed E-state index contributed by atoms with van der Waals surface area (Å²) in [7, 11) is 0. The predicted octanol–water partition coefficient (Wildman–Crippen LogP) is 5.19.